The molecule has 0 unspecified atom stereocenters. The van der Waals surface area contributed by atoms with E-state index in [1.807, 2.05) is 6.92 Å². The van der Waals surface area contributed by atoms with Crippen LogP contribution in [0, 0.1) is 6.92 Å². The molecule has 1 saturated heterocycles. The van der Waals surface area contributed by atoms with Crippen LogP contribution < -0.4 is 0 Å². The molecule has 3 aliphatic rings. The van der Waals surface area contributed by atoms with Crippen molar-refractivity contribution >= 4 is 27.7 Å². The number of hydrogen-bond acceptors (Lipinski definition) is 6. The molecule has 0 radical (unpaired) electrons. The summed E-state index contributed by atoms with van der Waals surface area (Å²) >= 11 is 1.45. The van der Waals surface area contributed by atoms with E-state index in [1.54, 1.807) is 29.2 Å². The summed E-state index contributed by atoms with van der Waals surface area (Å²) in [6.45, 7) is 3.38. The maximum absolute atomic E-state index is 12.9. The predicted molar refractivity (Wildman–Crippen MR) is 118 cm³/mol. The smallest absolute Gasteiger partial charge is 0.243 e. The number of aryl methyl sites for hydroxylation is 1. The van der Waals surface area contributed by atoms with E-state index in [0.29, 0.717) is 48.8 Å². The van der Waals surface area contributed by atoms with Crippen molar-refractivity contribution in [3.8, 4) is 0 Å². The quantitative estimate of drug-likeness (QED) is 0.589. The zero-order valence-electron chi connectivity index (χ0n) is 17.6. The van der Waals surface area contributed by atoms with Crippen LogP contribution in [0.2, 0.25) is 0 Å². The van der Waals surface area contributed by atoms with Crippen LogP contribution in [-0.4, -0.2) is 70.2 Å². The molecule has 1 amide bonds. The van der Waals surface area contributed by atoms with Crippen LogP contribution in [0.5, 0.6) is 0 Å². The number of carbonyl (C=O) groups excluding carboxylic acids is 1. The van der Waals surface area contributed by atoms with Crippen molar-refractivity contribution in [3.63, 3.8) is 0 Å². The lowest BCUT2D eigenvalue weighted by Gasteiger charge is -2.34. The number of amides is 1. The first-order valence-corrected chi connectivity index (χ1v) is 13.3. The van der Waals surface area contributed by atoms with Crippen molar-refractivity contribution in [3.05, 3.63) is 35.7 Å². The highest BCUT2D eigenvalue weighted by Crippen LogP contribution is 2.46. The van der Waals surface area contributed by atoms with Gasteiger partial charge in [-0.15, -0.1) is 10.2 Å². The minimum atomic E-state index is -3.52. The number of hydrogen-bond donors (Lipinski definition) is 0. The second-order valence-electron chi connectivity index (χ2n) is 8.60. The molecule has 166 valence electrons. The summed E-state index contributed by atoms with van der Waals surface area (Å²) in [7, 11) is -3.52. The standard InChI is InChI=1S/C21H27N5O3S2/c1-15-2-8-18(9-3-15)31(28,29)25-12-10-24(11-13-25)19(27)14-30-21-23-22-20(16-4-5-16)26(21)17-6-7-17/h2-3,8-9,16-17H,4-7,10-14H2,1H3. The molecular formula is C21H27N5O3S2. The molecule has 2 heterocycles. The maximum atomic E-state index is 12.9. The second-order valence-corrected chi connectivity index (χ2v) is 11.5. The molecule has 1 aromatic heterocycles. The third-order valence-corrected chi connectivity index (χ3v) is 8.96. The lowest BCUT2D eigenvalue weighted by molar-refractivity contribution is -0.129. The van der Waals surface area contributed by atoms with Crippen LogP contribution in [0.3, 0.4) is 0 Å². The molecule has 31 heavy (non-hydrogen) atoms. The van der Waals surface area contributed by atoms with E-state index in [2.05, 4.69) is 14.8 Å². The van der Waals surface area contributed by atoms with Gasteiger partial charge in [0.15, 0.2) is 5.16 Å². The van der Waals surface area contributed by atoms with E-state index in [-0.39, 0.29) is 5.91 Å². The Morgan fingerprint density at radius 3 is 2.32 bits per heavy atom. The molecule has 2 saturated carbocycles. The van der Waals surface area contributed by atoms with Gasteiger partial charge in [-0.05, 0) is 44.7 Å². The van der Waals surface area contributed by atoms with Crippen molar-refractivity contribution in [1.29, 1.82) is 0 Å². The predicted octanol–water partition coefficient (Wildman–Crippen LogP) is 2.42. The Balaban J connectivity index is 1.17. The average Bonchev–Trinajstić information content (AvgIpc) is 3.71. The summed E-state index contributed by atoms with van der Waals surface area (Å²) in [4.78, 5) is 14.8. The van der Waals surface area contributed by atoms with Gasteiger partial charge in [-0.25, -0.2) is 8.42 Å². The lowest BCUT2D eigenvalue weighted by atomic mass is 10.2. The average molecular weight is 462 g/mol. The van der Waals surface area contributed by atoms with Gasteiger partial charge in [0.05, 0.1) is 10.6 Å². The summed E-state index contributed by atoms with van der Waals surface area (Å²) in [5, 5.41) is 9.60. The number of piperazine rings is 1. The van der Waals surface area contributed by atoms with Gasteiger partial charge in [0.25, 0.3) is 0 Å². The van der Waals surface area contributed by atoms with Crippen LogP contribution in [0.4, 0.5) is 0 Å². The molecule has 8 nitrogen and oxygen atoms in total. The van der Waals surface area contributed by atoms with Gasteiger partial charge >= 0.3 is 0 Å². The number of carbonyl (C=O) groups is 1. The first kappa shape index (κ1) is 21.0. The molecule has 0 spiro atoms. The van der Waals surface area contributed by atoms with Gasteiger partial charge < -0.3 is 9.47 Å². The summed E-state index contributed by atoms with van der Waals surface area (Å²) < 4.78 is 29.4. The minimum absolute atomic E-state index is 0.0238. The Labute approximate surface area is 187 Å². The number of benzene rings is 1. The van der Waals surface area contributed by atoms with E-state index in [1.165, 1.54) is 28.9 Å². The maximum Gasteiger partial charge on any atom is 0.243 e. The van der Waals surface area contributed by atoms with Crippen molar-refractivity contribution in [2.24, 2.45) is 0 Å². The highest BCUT2D eigenvalue weighted by molar-refractivity contribution is 7.99. The second kappa shape index (κ2) is 8.22. The first-order valence-electron chi connectivity index (χ1n) is 10.9. The van der Waals surface area contributed by atoms with Gasteiger partial charge in [0, 0.05) is 38.1 Å². The van der Waals surface area contributed by atoms with Crippen LogP contribution in [0.25, 0.3) is 0 Å². The Bertz CT molecular complexity index is 1070. The van der Waals surface area contributed by atoms with Crippen molar-refractivity contribution in [1.82, 2.24) is 24.0 Å². The van der Waals surface area contributed by atoms with Gasteiger partial charge in [-0.3, -0.25) is 4.79 Å². The monoisotopic (exact) mass is 461 g/mol. The fraction of sp³-hybridized carbons (Fsp3) is 0.571. The number of sulfonamides is 1. The molecular weight excluding hydrogens is 434 g/mol. The van der Waals surface area contributed by atoms with Crippen LogP contribution in [0.1, 0.15) is 49.0 Å². The van der Waals surface area contributed by atoms with E-state index < -0.39 is 10.0 Å². The van der Waals surface area contributed by atoms with Crippen LogP contribution in [0.15, 0.2) is 34.3 Å². The molecule has 2 aromatic rings. The Morgan fingerprint density at radius 2 is 1.71 bits per heavy atom. The van der Waals surface area contributed by atoms with E-state index in [9.17, 15) is 13.2 Å². The minimum Gasteiger partial charge on any atom is -0.339 e. The SMILES string of the molecule is Cc1ccc(S(=O)(=O)N2CCN(C(=O)CSc3nnc(C4CC4)n3C3CC3)CC2)cc1. The molecule has 0 atom stereocenters. The zero-order chi connectivity index (χ0) is 21.6. The third kappa shape index (κ3) is 4.38. The Hall–Kier alpha value is -1.91. The number of thioether (sulfide) groups is 1. The first-order chi connectivity index (χ1) is 14.9. The Kier molecular flexibility index (Phi) is 5.56. The highest BCUT2D eigenvalue weighted by Gasteiger charge is 2.37. The molecule has 1 aromatic carbocycles. The molecule has 1 aliphatic heterocycles. The van der Waals surface area contributed by atoms with Crippen LogP contribution in [-0.2, 0) is 14.8 Å². The summed E-state index contributed by atoms with van der Waals surface area (Å²) in [5.74, 6) is 1.96. The number of aromatic nitrogens is 3. The summed E-state index contributed by atoms with van der Waals surface area (Å²) in [6, 6.07) is 7.39. The van der Waals surface area contributed by atoms with Gasteiger partial charge in [-0.1, -0.05) is 29.5 Å². The zero-order valence-corrected chi connectivity index (χ0v) is 19.2. The molecule has 10 heteroatoms. The van der Waals surface area contributed by atoms with Crippen LogP contribution >= 0.6 is 11.8 Å². The van der Waals surface area contributed by atoms with E-state index in [0.717, 1.165) is 29.4 Å². The summed E-state index contributed by atoms with van der Waals surface area (Å²) in [5.41, 5.74) is 1.02. The molecule has 0 N–H and O–H groups in total. The fourth-order valence-corrected chi connectivity index (χ4v) is 6.27. The molecule has 5 rings (SSSR count). The van der Waals surface area contributed by atoms with Crippen molar-refractivity contribution in [2.75, 3.05) is 31.9 Å². The number of rotatable bonds is 7. The fourth-order valence-electron chi connectivity index (χ4n) is 3.94. The van der Waals surface area contributed by atoms with E-state index >= 15 is 0 Å². The normalized spacial score (nSPS) is 20.2. The van der Waals surface area contributed by atoms with Crippen molar-refractivity contribution < 1.29 is 13.2 Å². The van der Waals surface area contributed by atoms with E-state index in [4.69, 9.17) is 0 Å². The van der Waals surface area contributed by atoms with Crippen molar-refractivity contribution in [2.45, 2.75) is 54.6 Å². The number of nitrogens with zero attached hydrogens (tertiary/aromatic N) is 5. The third-order valence-electron chi connectivity index (χ3n) is 6.12. The van der Waals surface area contributed by atoms with Gasteiger partial charge in [0.1, 0.15) is 5.82 Å². The Morgan fingerprint density at radius 1 is 1.03 bits per heavy atom. The molecule has 0 bridgehead atoms. The topological polar surface area (TPSA) is 88.4 Å². The van der Waals surface area contributed by atoms with Gasteiger partial charge in [-0.2, -0.15) is 4.31 Å². The largest absolute Gasteiger partial charge is 0.339 e. The highest BCUT2D eigenvalue weighted by atomic mass is 32.2. The van der Waals surface area contributed by atoms with Gasteiger partial charge in [0.2, 0.25) is 15.9 Å². The molecule has 2 aliphatic carbocycles. The molecule has 3 fully saturated rings. The summed E-state index contributed by atoms with van der Waals surface area (Å²) in [6.07, 6.45) is 4.70. The lowest BCUT2D eigenvalue weighted by Crippen LogP contribution is -2.50.